The predicted molar refractivity (Wildman–Crippen MR) is 98.5 cm³/mol. The first-order valence-corrected chi connectivity index (χ1v) is 9.15. The number of halogens is 1. The highest BCUT2D eigenvalue weighted by atomic mass is 35.5. The Morgan fingerprint density at radius 3 is 2.64 bits per heavy atom. The lowest BCUT2D eigenvalue weighted by Gasteiger charge is -2.09. The summed E-state index contributed by atoms with van der Waals surface area (Å²) in [6, 6.07) is 14.4. The Morgan fingerprint density at radius 1 is 1.16 bits per heavy atom. The van der Waals surface area contributed by atoms with E-state index in [1.54, 1.807) is 12.1 Å². The van der Waals surface area contributed by atoms with Gasteiger partial charge in [-0.3, -0.25) is 4.79 Å². The lowest BCUT2D eigenvalue weighted by atomic mass is 10.2. The van der Waals surface area contributed by atoms with Crippen LogP contribution in [0.1, 0.15) is 10.4 Å². The first-order chi connectivity index (χ1) is 12.1. The van der Waals surface area contributed by atoms with Gasteiger partial charge in [-0.2, -0.15) is 0 Å². The summed E-state index contributed by atoms with van der Waals surface area (Å²) in [5.41, 5.74) is 0.244. The van der Waals surface area contributed by atoms with Crippen molar-refractivity contribution in [1.82, 2.24) is 5.32 Å². The second kappa shape index (κ2) is 9.96. The molecular formula is C18H18ClNO4S. The van der Waals surface area contributed by atoms with Crippen LogP contribution in [0.5, 0.6) is 5.75 Å². The van der Waals surface area contributed by atoms with Gasteiger partial charge in [0, 0.05) is 4.90 Å². The maximum absolute atomic E-state index is 12.0. The van der Waals surface area contributed by atoms with Gasteiger partial charge in [-0.25, -0.2) is 4.79 Å². The van der Waals surface area contributed by atoms with Gasteiger partial charge >= 0.3 is 5.97 Å². The van der Waals surface area contributed by atoms with Gasteiger partial charge in [0.1, 0.15) is 12.4 Å². The van der Waals surface area contributed by atoms with Crippen molar-refractivity contribution in [3.05, 3.63) is 59.1 Å². The number of amides is 1. The zero-order chi connectivity index (χ0) is 18.1. The average Bonchev–Trinajstić information content (AvgIpc) is 2.64. The van der Waals surface area contributed by atoms with Gasteiger partial charge in [0.15, 0.2) is 6.61 Å². The summed E-state index contributed by atoms with van der Waals surface area (Å²) < 4.78 is 10.5. The third-order valence-electron chi connectivity index (χ3n) is 3.16. The predicted octanol–water partition coefficient (Wildman–Crippen LogP) is 3.41. The van der Waals surface area contributed by atoms with Crippen LogP contribution in [-0.4, -0.2) is 37.9 Å². The van der Waals surface area contributed by atoms with Crippen LogP contribution in [0.25, 0.3) is 0 Å². The van der Waals surface area contributed by atoms with E-state index in [0.29, 0.717) is 18.2 Å². The average molecular weight is 380 g/mol. The molecule has 0 aliphatic carbocycles. The van der Waals surface area contributed by atoms with Gasteiger partial charge in [0.05, 0.1) is 17.1 Å². The monoisotopic (exact) mass is 379 g/mol. The van der Waals surface area contributed by atoms with Crippen LogP contribution in [0, 0.1) is 0 Å². The van der Waals surface area contributed by atoms with E-state index in [-0.39, 0.29) is 12.2 Å². The molecule has 0 heterocycles. The largest absolute Gasteiger partial charge is 0.492 e. The van der Waals surface area contributed by atoms with Crippen LogP contribution in [0.4, 0.5) is 0 Å². The van der Waals surface area contributed by atoms with E-state index in [1.165, 1.54) is 11.8 Å². The number of rotatable bonds is 8. The fraction of sp³-hybridized carbons (Fsp3) is 0.222. The van der Waals surface area contributed by atoms with Crippen molar-refractivity contribution in [2.75, 3.05) is 26.0 Å². The SMILES string of the molecule is CSc1ccc(Cl)c(C(=O)OCC(=O)NCCOc2ccccc2)c1. The minimum atomic E-state index is -0.628. The van der Waals surface area contributed by atoms with Crippen LogP contribution in [-0.2, 0) is 9.53 Å². The Bertz CT molecular complexity index is 724. The number of esters is 1. The fourth-order valence-electron chi connectivity index (χ4n) is 1.92. The molecule has 2 aromatic rings. The molecule has 25 heavy (non-hydrogen) atoms. The molecule has 0 unspecified atom stereocenters. The minimum absolute atomic E-state index is 0.244. The fourth-order valence-corrected chi connectivity index (χ4v) is 2.56. The first kappa shape index (κ1) is 19.1. The molecule has 5 nitrogen and oxygen atoms in total. The number of carbonyl (C=O) groups is 2. The van der Waals surface area contributed by atoms with Crippen molar-refractivity contribution in [1.29, 1.82) is 0 Å². The molecule has 0 spiro atoms. The number of nitrogens with one attached hydrogen (secondary N) is 1. The first-order valence-electron chi connectivity index (χ1n) is 7.55. The highest BCUT2D eigenvalue weighted by Gasteiger charge is 2.14. The second-order valence-corrected chi connectivity index (χ2v) is 6.22. The Labute approximate surface area is 155 Å². The van der Waals surface area contributed by atoms with Crippen LogP contribution in [0.3, 0.4) is 0 Å². The van der Waals surface area contributed by atoms with Crippen LogP contribution in [0.2, 0.25) is 5.02 Å². The number of hydrogen-bond acceptors (Lipinski definition) is 5. The third kappa shape index (κ3) is 6.32. The van der Waals surface area contributed by atoms with Crippen molar-refractivity contribution < 1.29 is 19.1 Å². The van der Waals surface area contributed by atoms with E-state index < -0.39 is 11.9 Å². The number of para-hydroxylation sites is 1. The lowest BCUT2D eigenvalue weighted by molar-refractivity contribution is -0.124. The summed E-state index contributed by atoms with van der Waals surface area (Å²) in [7, 11) is 0. The van der Waals surface area contributed by atoms with Crippen molar-refractivity contribution in [2.24, 2.45) is 0 Å². The molecule has 2 aromatic carbocycles. The summed E-state index contributed by atoms with van der Waals surface area (Å²) in [5, 5.41) is 2.91. The number of ether oxygens (including phenoxy) is 2. The normalized spacial score (nSPS) is 10.2. The van der Waals surface area contributed by atoms with Crippen LogP contribution < -0.4 is 10.1 Å². The number of thioether (sulfide) groups is 1. The van der Waals surface area contributed by atoms with Crippen molar-refractivity contribution in [3.63, 3.8) is 0 Å². The summed E-state index contributed by atoms with van der Waals surface area (Å²) in [6.45, 7) is 0.267. The molecule has 0 aliphatic rings. The minimum Gasteiger partial charge on any atom is -0.492 e. The zero-order valence-corrected chi connectivity index (χ0v) is 15.2. The van der Waals surface area contributed by atoms with Crippen molar-refractivity contribution in [3.8, 4) is 5.75 Å². The second-order valence-electron chi connectivity index (χ2n) is 4.93. The molecule has 1 amide bonds. The lowest BCUT2D eigenvalue weighted by Crippen LogP contribution is -2.32. The van der Waals surface area contributed by atoms with Crippen molar-refractivity contribution >= 4 is 35.2 Å². The number of carbonyl (C=O) groups excluding carboxylic acids is 2. The summed E-state index contributed by atoms with van der Waals surface area (Å²) >= 11 is 7.48. The topological polar surface area (TPSA) is 64.6 Å². The van der Waals surface area contributed by atoms with E-state index >= 15 is 0 Å². The Morgan fingerprint density at radius 2 is 1.92 bits per heavy atom. The highest BCUT2D eigenvalue weighted by Crippen LogP contribution is 2.23. The summed E-state index contributed by atoms with van der Waals surface area (Å²) in [5.74, 6) is -0.301. The van der Waals surface area contributed by atoms with E-state index in [9.17, 15) is 9.59 Å². The molecule has 0 radical (unpaired) electrons. The van der Waals surface area contributed by atoms with E-state index in [2.05, 4.69) is 5.32 Å². The molecular weight excluding hydrogens is 362 g/mol. The number of hydrogen-bond donors (Lipinski definition) is 1. The van der Waals surface area contributed by atoms with Gasteiger partial charge in [0.25, 0.3) is 5.91 Å². The van der Waals surface area contributed by atoms with Gasteiger partial charge in [-0.05, 0) is 36.6 Å². The Kier molecular flexibility index (Phi) is 7.63. The zero-order valence-electron chi connectivity index (χ0n) is 13.7. The molecule has 0 aromatic heterocycles. The smallest absolute Gasteiger partial charge is 0.340 e. The standard InChI is InChI=1S/C18H18ClNO4S/c1-25-14-7-8-16(19)15(11-14)18(22)24-12-17(21)20-9-10-23-13-5-3-2-4-6-13/h2-8,11H,9-10,12H2,1H3,(H,20,21). The summed E-state index contributed by atoms with van der Waals surface area (Å²) in [6.07, 6.45) is 1.89. The highest BCUT2D eigenvalue weighted by molar-refractivity contribution is 7.98. The molecule has 0 atom stereocenters. The van der Waals surface area contributed by atoms with Crippen LogP contribution in [0.15, 0.2) is 53.4 Å². The molecule has 0 saturated heterocycles. The molecule has 0 saturated carbocycles. The van der Waals surface area contributed by atoms with Gasteiger partial charge in [-0.1, -0.05) is 29.8 Å². The van der Waals surface area contributed by atoms with E-state index in [0.717, 1.165) is 10.6 Å². The van der Waals surface area contributed by atoms with Crippen molar-refractivity contribution in [2.45, 2.75) is 4.90 Å². The molecule has 1 N–H and O–H groups in total. The van der Waals surface area contributed by atoms with Crippen LogP contribution >= 0.6 is 23.4 Å². The molecule has 2 rings (SSSR count). The van der Waals surface area contributed by atoms with E-state index in [1.807, 2.05) is 42.7 Å². The van der Waals surface area contributed by atoms with E-state index in [4.69, 9.17) is 21.1 Å². The third-order valence-corrected chi connectivity index (χ3v) is 4.22. The van der Waals surface area contributed by atoms with Gasteiger partial charge in [-0.15, -0.1) is 11.8 Å². The molecule has 0 bridgehead atoms. The maximum atomic E-state index is 12.0. The summed E-state index contributed by atoms with van der Waals surface area (Å²) in [4.78, 5) is 24.6. The maximum Gasteiger partial charge on any atom is 0.340 e. The van der Waals surface area contributed by atoms with Gasteiger partial charge < -0.3 is 14.8 Å². The molecule has 0 fully saturated rings. The molecule has 7 heteroatoms. The van der Waals surface area contributed by atoms with Gasteiger partial charge in [0.2, 0.25) is 0 Å². The molecule has 0 aliphatic heterocycles. The molecule has 132 valence electrons. The Balaban J connectivity index is 1.71. The number of benzene rings is 2. The quantitative estimate of drug-likeness (QED) is 0.432. The Hall–Kier alpha value is -2.18.